The number of halogens is 1. The van der Waals surface area contributed by atoms with Crippen molar-refractivity contribution in [2.75, 3.05) is 0 Å². The van der Waals surface area contributed by atoms with Gasteiger partial charge < -0.3 is 0 Å². The molecule has 0 aromatic carbocycles. The lowest BCUT2D eigenvalue weighted by Gasteiger charge is -2.10. The average Bonchev–Trinajstić information content (AvgIpc) is 2.72. The number of aryl methyl sites for hydroxylation is 1. The van der Waals surface area contributed by atoms with Crippen LogP contribution < -0.4 is 0 Å². The largest absolute Gasteiger partial charge is 0.282 e. The van der Waals surface area contributed by atoms with Gasteiger partial charge in [0.2, 0.25) is 5.28 Å². The van der Waals surface area contributed by atoms with E-state index in [1.54, 1.807) is 6.20 Å². The quantitative estimate of drug-likeness (QED) is 0.771. The van der Waals surface area contributed by atoms with Crippen molar-refractivity contribution in [1.82, 2.24) is 20.2 Å². The van der Waals surface area contributed by atoms with Crippen molar-refractivity contribution in [1.29, 1.82) is 0 Å². The molecular formula is C11H11ClN4. The van der Waals surface area contributed by atoms with Crippen LogP contribution in [0.4, 0.5) is 0 Å². The number of fused-ring (bicyclic) bond motifs is 1. The summed E-state index contributed by atoms with van der Waals surface area (Å²) in [5, 5.41) is 7.69. The molecule has 4 nitrogen and oxygen atoms in total. The second kappa shape index (κ2) is 3.87. The molecule has 16 heavy (non-hydrogen) atoms. The minimum Gasteiger partial charge on any atom is -0.282 e. The Morgan fingerprint density at radius 2 is 2.12 bits per heavy atom. The number of hydrogen-bond acceptors (Lipinski definition) is 3. The molecule has 1 aliphatic rings. The molecule has 82 valence electrons. The van der Waals surface area contributed by atoms with Gasteiger partial charge in [-0.2, -0.15) is 5.10 Å². The minimum absolute atomic E-state index is 0.269. The molecule has 0 radical (unpaired) electrons. The van der Waals surface area contributed by atoms with E-state index in [-0.39, 0.29) is 5.28 Å². The first-order chi connectivity index (χ1) is 7.84. The summed E-state index contributed by atoms with van der Waals surface area (Å²) in [6, 6.07) is 1.84. The highest BCUT2D eigenvalue weighted by Crippen LogP contribution is 2.28. The highest BCUT2D eigenvalue weighted by molar-refractivity contribution is 6.28. The summed E-state index contributed by atoms with van der Waals surface area (Å²) in [6.07, 6.45) is 6.27. The van der Waals surface area contributed by atoms with Crippen molar-refractivity contribution in [3.63, 3.8) is 0 Å². The minimum atomic E-state index is 0.269. The van der Waals surface area contributed by atoms with E-state index in [1.165, 1.54) is 24.1 Å². The molecule has 2 heterocycles. The summed E-state index contributed by atoms with van der Waals surface area (Å²) in [4.78, 5) is 8.07. The van der Waals surface area contributed by atoms with Gasteiger partial charge in [-0.3, -0.25) is 5.10 Å². The molecule has 0 aliphatic heterocycles. The zero-order chi connectivity index (χ0) is 11.0. The smallest absolute Gasteiger partial charge is 0.222 e. The molecule has 2 aromatic rings. The molecule has 0 atom stereocenters. The summed E-state index contributed by atoms with van der Waals surface area (Å²) in [7, 11) is 0. The maximum atomic E-state index is 5.78. The van der Waals surface area contributed by atoms with Crippen LogP contribution in [-0.4, -0.2) is 20.2 Å². The second-order valence-corrected chi connectivity index (χ2v) is 4.29. The third-order valence-electron chi connectivity index (χ3n) is 2.93. The zero-order valence-electron chi connectivity index (χ0n) is 8.70. The van der Waals surface area contributed by atoms with Crippen molar-refractivity contribution in [3.8, 4) is 11.4 Å². The monoisotopic (exact) mass is 234 g/mol. The maximum Gasteiger partial charge on any atom is 0.222 e. The second-order valence-electron chi connectivity index (χ2n) is 3.95. The fourth-order valence-corrected chi connectivity index (χ4v) is 2.31. The van der Waals surface area contributed by atoms with Crippen LogP contribution in [0.2, 0.25) is 5.28 Å². The van der Waals surface area contributed by atoms with Gasteiger partial charge in [0.1, 0.15) is 5.69 Å². The predicted molar refractivity (Wildman–Crippen MR) is 61.3 cm³/mol. The molecule has 2 aromatic heterocycles. The number of rotatable bonds is 1. The lowest BCUT2D eigenvalue weighted by molar-refractivity contribution is 0.675. The fourth-order valence-electron chi connectivity index (χ4n) is 2.16. The first-order valence-electron chi connectivity index (χ1n) is 5.39. The first-order valence-corrected chi connectivity index (χ1v) is 5.77. The normalized spacial score (nSPS) is 14.8. The summed E-state index contributed by atoms with van der Waals surface area (Å²) in [5.41, 5.74) is 4.27. The SMILES string of the molecule is Clc1nccc(-c2n[nH]c3c2CCCC3)n1. The molecule has 0 amide bonds. The van der Waals surface area contributed by atoms with Gasteiger partial charge >= 0.3 is 0 Å². The molecule has 0 saturated heterocycles. The Morgan fingerprint density at radius 3 is 3.00 bits per heavy atom. The van der Waals surface area contributed by atoms with Crippen LogP contribution in [0.25, 0.3) is 11.4 Å². The van der Waals surface area contributed by atoms with Gasteiger partial charge in [-0.25, -0.2) is 9.97 Å². The number of nitrogens with one attached hydrogen (secondary N) is 1. The third kappa shape index (κ3) is 1.59. The lowest BCUT2D eigenvalue weighted by Crippen LogP contribution is -2.01. The van der Waals surface area contributed by atoms with Crippen molar-refractivity contribution >= 4 is 11.6 Å². The van der Waals surface area contributed by atoms with E-state index in [9.17, 15) is 0 Å². The summed E-state index contributed by atoms with van der Waals surface area (Å²) in [5.74, 6) is 0. The van der Waals surface area contributed by atoms with Gasteiger partial charge in [0, 0.05) is 17.5 Å². The molecular weight excluding hydrogens is 224 g/mol. The van der Waals surface area contributed by atoms with Crippen LogP contribution >= 0.6 is 11.6 Å². The first kappa shape index (κ1) is 9.78. The lowest BCUT2D eigenvalue weighted by atomic mass is 9.95. The van der Waals surface area contributed by atoms with Gasteiger partial charge in [0.25, 0.3) is 0 Å². The zero-order valence-corrected chi connectivity index (χ0v) is 9.46. The highest BCUT2D eigenvalue weighted by atomic mass is 35.5. The van der Waals surface area contributed by atoms with E-state index in [0.717, 1.165) is 24.2 Å². The van der Waals surface area contributed by atoms with Crippen LogP contribution in [0.15, 0.2) is 12.3 Å². The topological polar surface area (TPSA) is 54.5 Å². The Hall–Kier alpha value is -1.42. The van der Waals surface area contributed by atoms with Gasteiger partial charge in [0.15, 0.2) is 0 Å². The van der Waals surface area contributed by atoms with E-state index in [2.05, 4.69) is 20.2 Å². The molecule has 1 N–H and O–H groups in total. The molecule has 0 spiro atoms. The van der Waals surface area contributed by atoms with E-state index in [0.29, 0.717) is 0 Å². The van der Waals surface area contributed by atoms with E-state index < -0.39 is 0 Å². The van der Waals surface area contributed by atoms with Gasteiger partial charge in [0.05, 0.1) is 5.69 Å². The van der Waals surface area contributed by atoms with Gasteiger partial charge in [-0.1, -0.05) is 0 Å². The molecule has 5 heteroatoms. The van der Waals surface area contributed by atoms with Crippen LogP contribution in [0.1, 0.15) is 24.1 Å². The van der Waals surface area contributed by atoms with Gasteiger partial charge in [-0.15, -0.1) is 0 Å². The van der Waals surface area contributed by atoms with E-state index >= 15 is 0 Å². The van der Waals surface area contributed by atoms with Crippen LogP contribution in [0, 0.1) is 0 Å². The summed E-state index contributed by atoms with van der Waals surface area (Å²) in [6.45, 7) is 0. The van der Waals surface area contributed by atoms with Crippen LogP contribution in [0.3, 0.4) is 0 Å². The van der Waals surface area contributed by atoms with Crippen molar-refractivity contribution in [2.45, 2.75) is 25.7 Å². The van der Waals surface area contributed by atoms with Crippen molar-refractivity contribution in [2.24, 2.45) is 0 Å². The maximum absolute atomic E-state index is 5.78. The molecule has 3 rings (SSSR count). The number of hydrogen-bond donors (Lipinski definition) is 1. The standard InChI is InChI=1S/C11H11ClN4/c12-11-13-6-5-9(14-11)10-7-3-1-2-4-8(7)15-16-10/h5-6H,1-4H2,(H,15,16). The Balaban J connectivity index is 2.09. The molecule has 0 bridgehead atoms. The summed E-state index contributed by atoms with van der Waals surface area (Å²) < 4.78 is 0. The molecule has 1 aliphatic carbocycles. The Morgan fingerprint density at radius 1 is 1.25 bits per heavy atom. The number of aromatic amines is 1. The molecule has 0 unspecified atom stereocenters. The summed E-state index contributed by atoms with van der Waals surface area (Å²) >= 11 is 5.78. The van der Waals surface area contributed by atoms with Crippen LogP contribution in [-0.2, 0) is 12.8 Å². The third-order valence-corrected chi connectivity index (χ3v) is 3.11. The average molecular weight is 235 g/mol. The number of nitrogens with zero attached hydrogens (tertiary/aromatic N) is 3. The van der Waals surface area contributed by atoms with E-state index in [4.69, 9.17) is 11.6 Å². The van der Waals surface area contributed by atoms with E-state index in [1.807, 2.05) is 6.07 Å². The fraction of sp³-hybridized carbons (Fsp3) is 0.364. The van der Waals surface area contributed by atoms with Crippen molar-refractivity contribution in [3.05, 3.63) is 28.8 Å². The Kier molecular flexibility index (Phi) is 2.36. The Bertz CT molecular complexity index is 520. The number of aromatic nitrogens is 4. The highest BCUT2D eigenvalue weighted by Gasteiger charge is 2.18. The predicted octanol–water partition coefficient (Wildman–Crippen LogP) is 2.40. The van der Waals surface area contributed by atoms with Gasteiger partial charge in [-0.05, 0) is 43.4 Å². The number of H-pyrrole nitrogens is 1. The van der Waals surface area contributed by atoms with Crippen molar-refractivity contribution < 1.29 is 0 Å². The van der Waals surface area contributed by atoms with Crippen LogP contribution in [0.5, 0.6) is 0 Å². The molecule has 0 saturated carbocycles. The molecule has 0 fully saturated rings. The Labute approximate surface area is 98.1 Å².